The van der Waals surface area contributed by atoms with Crippen molar-refractivity contribution in [3.63, 3.8) is 0 Å². The van der Waals surface area contributed by atoms with Crippen LogP contribution in [0.4, 0.5) is 0 Å². The molecule has 7 heteroatoms. The van der Waals surface area contributed by atoms with E-state index in [0.29, 0.717) is 24.7 Å². The van der Waals surface area contributed by atoms with Crippen LogP contribution in [-0.4, -0.2) is 46.1 Å². The summed E-state index contributed by atoms with van der Waals surface area (Å²) in [5.41, 5.74) is 2.11. The van der Waals surface area contributed by atoms with Crippen LogP contribution >= 0.6 is 0 Å². The van der Waals surface area contributed by atoms with Gasteiger partial charge in [0.15, 0.2) is 17.2 Å². The second-order valence-electron chi connectivity index (χ2n) is 6.38. The summed E-state index contributed by atoms with van der Waals surface area (Å²) in [5, 5.41) is 8.10. The first kappa shape index (κ1) is 17.1. The molecule has 1 aliphatic heterocycles. The fraction of sp³-hybridized carbons (Fsp3) is 0.250. The normalized spacial score (nSPS) is 13.9. The molecule has 1 atom stereocenters. The maximum Gasteiger partial charge on any atom is 0.276 e. The van der Waals surface area contributed by atoms with Gasteiger partial charge in [0.05, 0.1) is 17.9 Å². The Morgan fingerprint density at radius 2 is 1.85 bits per heavy atom. The summed E-state index contributed by atoms with van der Waals surface area (Å²) in [6, 6.07) is 15.2. The lowest BCUT2D eigenvalue weighted by molar-refractivity contribution is 0.0736. The highest BCUT2D eigenvalue weighted by atomic mass is 16.6. The highest BCUT2D eigenvalue weighted by Crippen LogP contribution is 2.34. The molecule has 0 saturated heterocycles. The summed E-state index contributed by atoms with van der Waals surface area (Å²) in [7, 11) is 1.76. The van der Waals surface area contributed by atoms with E-state index >= 15 is 0 Å². The maximum absolute atomic E-state index is 12.8. The van der Waals surface area contributed by atoms with Crippen molar-refractivity contribution in [2.75, 3.05) is 20.3 Å². The molecule has 0 fully saturated rings. The molecule has 1 aromatic heterocycles. The highest BCUT2D eigenvalue weighted by molar-refractivity contribution is 5.92. The number of rotatable bonds is 4. The summed E-state index contributed by atoms with van der Waals surface area (Å²) in [4.78, 5) is 14.5. The number of hydrogen-bond acceptors (Lipinski definition) is 5. The monoisotopic (exact) mass is 364 g/mol. The van der Waals surface area contributed by atoms with Crippen LogP contribution in [0.5, 0.6) is 11.5 Å². The van der Waals surface area contributed by atoms with E-state index in [0.717, 1.165) is 17.0 Å². The van der Waals surface area contributed by atoms with Crippen LogP contribution in [0, 0.1) is 0 Å². The minimum atomic E-state index is -0.195. The van der Waals surface area contributed by atoms with Crippen molar-refractivity contribution in [1.29, 1.82) is 0 Å². The molecule has 138 valence electrons. The summed E-state index contributed by atoms with van der Waals surface area (Å²) in [6.07, 6.45) is 1.64. The van der Waals surface area contributed by atoms with Crippen LogP contribution in [0.25, 0.3) is 5.69 Å². The largest absolute Gasteiger partial charge is 0.486 e. The molecule has 0 radical (unpaired) electrons. The Morgan fingerprint density at radius 1 is 1.11 bits per heavy atom. The molecule has 0 spiro atoms. The molecule has 1 unspecified atom stereocenters. The number of benzene rings is 2. The lowest BCUT2D eigenvalue weighted by atomic mass is 10.1. The van der Waals surface area contributed by atoms with E-state index in [4.69, 9.17) is 9.47 Å². The summed E-state index contributed by atoms with van der Waals surface area (Å²) >= 11 is 0. The molecule has 2 aromatic carbocycles. The summed E-state index contributed by atoms with van der Waals surface area (Å²) in [6.45, 7) is 3.05. The minimum absolute atomic E-state index is 0.157. The van der Waals surface area contributed by atoms with E-state index in [9.17, 15) is 4.79 Å². The van der Waals surface area contributed by atoms with E-state index in [1.807, 2.05) is 55.5 Å². The van der Waals surface area contributed by atoms with Crippen LogP contribution in [0.3, 0.4) is 0 Å². The zero-order valence-corrected chi connectivity index (χ0v) is 15.2. The lowest BCUT2D eigenvalue weighted by Crippen LogP contribution is -2.30. The van der Waals surface area contributed by atoms with Crippen molar-refractivity contribution in [3.8, 4) is 17.2 Å². The Morgan fingerprint density at radius 3 is 2.63 bits per heavy atom. The molecular weight excluding hydrogens is 344 g/mol. The number of carbonyl (C=O) groups excluding carboxylic acids is 1. The number of fused-ring (bicyclic) bond motifs is 1. The van der Waals surface area contributed by atoms with Gasteiger partial charge in [-0.2, -0.15) is 0 Å². The molecule has 2 heterocycles. The van der Waals surface area contributed by atoms with Gasteiger partial charge in [0.1, 0.15) is 13.2 Å². The molecule has 0 bridgehead atoms. The Balaban J connectivity index is 1.53. The third-order valence-corrected chi connectivity index (χ3v) is 4.68. The van der Waals surface area contributed by atoms with Gasteiger partial charge >= 0.3 is 0 Å². The smallest absolute Gasteiger partial charge is 0.276 e. The maximum atomic E-state index is 12.8. The minimum Gasteiger partial charge on any atom is -0.486 e. The van der Waals surface area contributed by atoms with E-state index in [1.54, 1.807) is 22.8 Å². The molecule has 4 rings (SSSR count). The summed E-state index contributed by atoms with van der Waals surface area (Å²) in [5.74, 6) is 1.25. The zero-order chi connectivity index (χ0) is 18.8. The van der Waals surface area contributed by atoms with E-state index < -0.39 is 0 Å². The second kappa shape index (κ2) is 7.11. The average molecular weight is 364 g/mol. The highest BCUT2D eigenvalue weighted by Gasteiger charge is 2.23. The molecule has 0 saturated carbocycles. The number of nitrogens with zero attached hydrogens (tertiary/aromatic N) is 4. The van der Waals surface area contributed by atoms with Gasteiger partial charge < -0.3 is 14.4 Å². The molecule has 0 N–H and O–H groups in total. The average Bonchev–Trinajstić information content (AvgIpc) is 3.22. The van der Waals surface area contributed by atoms with Crippen LogP contribution in [-0.2, 0) is 0 Å². The third-order valence-electron chi connectivity index (χ3n) is 4.68. The van der Waals surface area contributed by atoms with Crippen LogP contribution in [0.1, 0.15) is 29.0 Å². The Labute approximate surface area is 157 Å². The van der Waals surface area contributed by atoms with Gasteiger partial charge in [0.25, 0.3) is 5.91 Å². The number of para-hydroxylation sites is 1. The predicted molar refractivity (Wildman–Crippen MR) is 99.3 cm³/mol. The zero-order valence-electron chi connectivity index (χ0n) is 15.2. The quantitative estimate of drug-likeness (QED) is 0.712. The number of amides is 1. The van der Waals surface area contributed by atoms with Crippen molar-refractivity contribution in [3.05, 3.63) is 66.0 Å². The van der Waals surface area contributed by atoms with Crippen molar-refractivity contribution >= 4 is 5.91 Å². The predicted octanol–water partition coefficient (Wildman–Crippen LogP) is 2.87. The Bertz CT molecular complexity index is 955. The van der Waals surface area contributed by atoms with Gasteiger partial charge in [0.2, 0.25) is 0 Å². The summed E-state index contributed by atoms with van der Waals surface area (Å²) < 4.78 is 12.8. The van der Waals surface area contributed by atoms with Gasteiger partial charge in [-0.1, -0.05) is 29.5 Å². The van der Waals surface area contributed by atoms with Crippen LogP contribution in [0.2, 0.25) is 0 Å². The first-order valence-electron chi connectivity index (χ1n) is 8.78. The first-order valence-corrected chi connectivity index (χ1v) is 8.78. The number of aromatic nitrogens is 3. The Hall–Kier alpha value is -3.35. The SMILES string of the molecule is CC(c1ccc2c(c1)OCCO2)N(C)C(=O)c1cn(-c2ccccc2)nn1. The Kier molecular flexibility index (Phi) is 4.50. The van der Waals surface area contributed by atoms with Gasteiger partial charge in [0, 0.05) is 7.05 Å². The van der Waals surface area contributed by atoms with Crippen molar-refractivity contribution in [2.45, 2.75) is 13.0 Å². The fourth-order valence-corrected chi connectivity index (χ4v) is 2.97. The topological polar surface area (TPSA) is 69.5 Å². The van der Waals surface area contributed by atoms with Crippen LogP contribution in [0.15, 0.2) is 54.7 Å². The molecule has 0 aliphatic carbocycles. The third kappa shape index (κ3) is 3.36. The van der Waals surface area contributed by atoms with Crippen molar-refractivity contribution < 1.29 is 14.3 Å². The van der Waals surface area contributed by atoms with E-state index in [2.05, 4.69) is 10.3 Å². The van der Waals surface area contributed by atoms with E-state index in [1.165, 1.54) is 0 Å². The van der Waals surface area contributed by atoms with Gasteiger partial charge in [-0.05, 0) is 36.8 Å². The second-order valence-corrected chi connectivity index (χ2v) is 6.38. The van der Waals surface area contributed by atoms with E-state index in [-0.39, 0.29) is 11.9 Å². The van der Waals surface area contributed by atoms with Crippen LogP contribution < -0.4 is 9.47 Å². The fourth-order valence-electron chi connectivity index (χ4n) is 2.97. The molecule has 1 aliphatic rings. The molecule has 1 amide bonds. The molecule has 27 heavy (non-hydrogen) atoms. The molecular formula is C20H20N4O3. The standard InChI is InChI=1S/C20H20N4O3/c1-14(15-8-9-18-19(12-15)27-11-10-26-18)23(2)20(25)17-13-24(22-21-17)16-6-4-3-5-7-16/h3-9,12-14H,10-11H2,1-2H3. The van der Waals surface area contributed by atoms with Gasteiger partial charge in [-0.15, -0.1) is 5.10 Å². The first-order chi connectivity index (χ1) is 13.1. The number of ether oxygens (including phenoxy) is 2. The lowest BCUT2D eigenvalue weighted by Gasteiger charge is -2.26. The van der Waals surface area contributed by atoms with Crippen molar-refractivity contribution in [1.82, 2.24) is 19.9 Å². The number of carbonyl (C=O) groups is 1. The van der Waals surface area contributed by atoms with Crippen molar-refractivity contribution in [2.24, 2.45) is 0 Å². The van der Waals surface area contributed by atoms with Gasteiger partial charge in [-0.3, -0.25) is 4.79 Å². The number of hydrogen-bond donors (Lipinski definition) is 0. The van der Waals surface area contributed by atoms with Gasteiger partial charge in [-0.25, -0.2) is 4.68 Å². The molecule has 7 nitrogen and oxygen atoms in total. The molecule has 3 aromatic rings.